The van der Waals surface area contributed by atoms with Crippen molar-refractivity contribution in [3.05, 3.63) is 53.9 Å². The molecule has 1 aliphatic rings. The van der Waals surface area contributed by atoms with E-state index in [2.05, 4.69) is 34.0 Å². The Kier molecular flexibility index (Phi) is 5.02. The van der Waals surface area contributed by atoms with Crippen LogP contribution in [0, 0.1) is 0 Å². The van der Waals surface area contributed by atoms with E-state index >= 15 is 0 Å². The molecular weight excluding hydrogens is 356 g/mol. The third kappa shape index (κ3) is 3.46. The maximum absolute atomic E-state index is 11.3. The SMILES string of the molecule is CN1CCN(c2cccc(-n3c(CCO)nc4cc(C(=O)O)ccc43)c2)CC1. The molecule has 0 bridgehead atoms. The first-order chi connectivity index (χ1) is 13.6. The summed E-state index contributed by atoms with van der Waals surface area (Å²) >= 11 is 0. The van der Waals surface area contributed by atoms with Crippen LogP contribution >= 0.6 is 0 Å². The van der Waals surface area contributed by atoms with Crippen molar-refractivity contribution >= 4 is 22.7 Å². The quantitative estimate of drug-likeness (QED) is 0.705. The number of aromatic nitrogens is 2. The van der Waals surface area contributed by atoms with Gasteiger partial charge in [-0.15, -0.1) is 0 Å². The molecule has 1 aliphatic heterocycles. The first kappa shape index (κ1) is 18.5. The Morgan fingerprint density at radius 2 is 1.82 bits per heavy atom. The third-order valence-electron chi connectivity index (χ3n) is 5.26. The molecule has 28 heavy (non-hydrogen) atoms. The van der Waals surface area contributed by atoms with Crippen LogP contribution in [0.15, 0.2) is 42.5 Å². The van der Waals surface area contributed by atoms with Gasteiger partial charge < -0.3 is 20.0 Å². The van der Waals surface area contributed by atoms with Crippen LogP contribution in [0.3, 0.4) is 0 Å². The van der Waals surface area contributed by atoms with E-state index in [9.17, 15) is 15.0 Å². The standard InChI is InChI=1S/C21H24N4O3/c1-23-8-10-24(11-9-23)16-3-2-4-17(14-16)25-19-6-5-15(21(27)28)13-18(19)22-20(25)7-12-26/h2-6,13-14,26H,7-12H2,1H3,(H,27,28). The number of likely N-dealkylation sites (N-methyl/N-ethyl adjacent to an activating group) is 1. The van der Waals surface area contributed by atoms with Gasteiger partial charge in [-0.05, 0) is 43.4 Å². The molecule has 2 aromatic carbocycles. The van der Waals surface area contributed by atoms with E-state index in [0.717, 1.165) is 48.9 Å². The lowest BCUT2D eigenvalue weighted by Crippen LogP contribution is -2.44. The molecule has 2 N–H and O–H groups in total. The number of rotatable bonds is 5. The summed E-state index contributed by atoms with van der Waals surface area (Å²) in [7, 11) is 2.14. The minimum atomic E-state index is -0.975. The Labute approximate surface area is 163 Å². The second-order valence-electron chi connectivity index (χ2n) is 7.16. The molecule has 0 atom stereocenters. The smallest absolute Gasteiger partial charge is 0.335 e. The number of aromatic carboxylic acids is 1. The van der Waals surface area contributed by atoms with Crippen LogP contribution in [0.25, 0.3) is 16.7 Å². The van der Waals surface area contributed by atoms with Gasteiger partial charge in [0.15, 0.2) is 0 Å². The first-order valence-corrected chi connectivity index (χ1v) is 9.46. The second-order valence-corrected chi connectivity index (χ2v) is 7.16. The van der Waals surface area contributed by atoms with Gasteiger partial charge in [0.05, 0.1) is 23.2 Å². The fourth-order valence-corrected chi connectivity index (χ4v) is 3.71. The van der Waals surface area contributed by atoms with Gasteiger partial charge in [-0.2, -0.15) is 0 Å². The largest absolute Gasteiger partial charge is 0.478 e. The van der Waals surface area contributed by atoms with E-state index in [1.807, 2.05) is 16.7 Å². The molecule has 2 heterocycles. The molecule has 0 spiro atoms. The molecule has 0 saturated carbocycles. The minimum Gasteiger partial charge on any atom is -0.478 e. The number of benzene rings is 2. The molecule has 146 valence electrons. The second kappa shape index (κ2) is 7.61. The molecule has 7 nitrogen and oxygen atoms in total. The maximum atomic E-state index is 11.3. The number of hydrogen-bond acceptors (Lipinski definition) is 5. The summed E-state index contributed by atoms with van der Waals surface area (Å²) in [5.41, 5.74) is 3.78. The number of hydrogen-bond donors (Lipinski definition) is 2. The van der Waals surface area contributed by atoms with Gasteiger partial charge in [0.25, 0.3) is 0 Å². The van der Waals surface area contributed by atoms with Crippen LogP contribution in [-0.4, -0.2) is 70.5 Å². The topological polar surface area (TPSA) is 81.8 Å². The average Bonchev–Trinajstić information content (AvgIpc) is 3.06. The van der Waals surface area contributed by atoms with Gasteiger partial charge in [0.2, 0.25) is 0 Å². The number of imidazole rings is 1. The number of nitrogens with zero attached hydrogens (tertiary/aromatic N) is 4. The Morgan fingerprint density at radius 1 is 1.07 bits per heavy atom. The van der Waals surface area contributed by atoms with Gasteiger partial charge in [-0.3, -0.25) is 4.57 Å². The van der Waals surface area contributed by atoms with E-state index in [1.165, 1.54) is 0 Å². The highest BCUT2D eigenvalue weighted by molar-refractivity contribution is 5.93. The van der Waals surface area contributed by atoms with Crippen molar-refractivity contribution in [2.75, 3.05) is 44.7 Å². The summed E-state index contributed by atoms with van der Waals surface area (Å²) in [6.07, 6.45) is 0.399. The molecule has 0 aliphatic carbocycles. The molecule has 0 unspecified atom stereocenters. The van der Waals surface area contributed by atoms with E-state index < -0.39 is 5.97 Å². The fraction of sp³-hybridized carbons (Fsp3) is 0.333. The van der Waals surface area contributed by atoms with Crippen LogP contribution in [0.1, 0.15) is 16.2 Å². The lowest BCUT2D eigenvalue weighted by Gasteiger charge is -2.34. The van der Waals surface area contributed by atoms with Crippen molar-refractivity contribution in [3.8, 4) is 5.69 Å². The van der Waals surface area contributed by atoms with Crippen LogP contribution in [0.4, 0.5) is 5.69 Å². The Bertz CT molecular complexity index is 1010. The molecule has 1 saturated heterocycles. The highest BCUT2D eigenvalue weighted by atomic mass is 16.4. The number of aliphatic hydroxyl groups excluding tert-OH is 1. The lowest BCUT2D eigenvalue weighted by molar-refractivity contribution is 0.0697. The van der Waals surface area contributed by atoms with Crippen molar-refractivity contribution in [1.29, 1.82) is 0 Å². The third-order valence-corrected chi connectivity index (χ3v) is 5.26. The molecule has 7 heteroatoms. The summed E-state index contributed by atoms with van der Waals surface area (Å²) in [5, 5.41) is 18.7. The molecular formula is C21H24N4O3. The number of carboxylic acids is 1. The number of fused-ring (bicyclic) bond motifs is 1. The van der Waals surface area contributed by atoms with E-state index in [0.29, 0.717) is 11.9 Å². The summed E-state index contributed by atoms with van der Waals surface area (Å²) < 4.78 is 2.01. The summed E-state index contributed by atoms with van der Waals surface area (Å²) in [6.45, 7) is 4.01. The van der Waals surface area contributed by atoms with Crippen LogP contribution in [-0.2, 0) is 6.42 Å². The van der Waals surface area contributed by atoms with Gasteiger partial charge >= 0.3 is 5.97 Å². The van der Waals surface area contributed by atoms with Crippen LogP contribution in [0.5, 0.6) is 0 Å². The molecule has 0 radical (unpaired) electrons. The Balaban J connectivity index is 1.78. The van der Waals surface area contributed by atoms with Crippen molar-refractivity contribution < 1.29 is 15.0 Å². The number of carbonyl (C=O) groups is 1. The van der Waals surface area contributed by atoms with E-state index in [-0.39, 0.29) is 12.2 Å². The number of carboxylic acid groups (broad SMARTS) is 1. The average molecular weight is 380 g/mol. The summed E-state index contributed by atoms with van der Waals surface area (Å²) in [5.74, 6) is -0.257. The number of anilines is 1. The summed E-state index contributed by atoms with van der Waals surface area (Å²) in [4.78, 5) is 20.6. The fourth-order valence-electron chi connectivity index (χ4n) is 3.71. The van der Waals surface area contributed by atoms with Gasteiger partial charge in [0, 0.05) is 44.0 Å². The zero-order chi connectivity index (χ0) is 19.7. The maximum Gasteiger partial charge on any atom is 0.335 e. The zero-order valence-corrected chi connectivity index (χ0v) is 15.9. The molecule has 1 aromatic heterocycles. The van der Waals surface area contributed by atoms with E-state index in [1.54, 1.807) is 18.2 Å². The molecule has 0 amide bonds. The first-order valence-electron chi connectivity index (χ1n) is 9.46. The van der Waals surface area contributed by atoms with Crippen molar-refractivity contribution in [2.45, 2.75) is 6.42 Å². The lowest BCUT2D eigenvalue weighted by atomic mass is 10.2. The van der Waals surface area contributed by atoms with Gasteiger partial charge in [0.1, 0.15) is 5.82 Å². The molecule has 4 rings (SSSR count). The van der Waals surface area contributed by atoms with Crippen LogP contribution < -0.4 is 4.90 Å². The normalized spacial score (nSPS) is 15.3. The zero-order valence-electron chi connectivity index (χ0n) is 15.9. The molecule has 1 fully saturated rings. The highest BCUT2D eigenvalue weighted by Gasteiger charge is 2.17. The number of piperazine rings is 1. The van der Waals surface area contributed by atoms with Crippen molar-refractivity contribution in [2.24, 2.45) is 0 Å². The minimum absolute atomic E-state index is 0.0206. The van der Waals surface area contributed by atoms with Gasteiger partial charge in [-0.1, -0.05) is 6.07 Å². The van der Waals surface area contributed by atoms with E-state index in [4.69, 9.17) is 0 Å². The van der Waals surface area contributed by atoms with Crippen LogP contribution in [0.2, 0.25) is 0 Å². The predicted molar refractivity (Wildman–Crippen MR) is 109 cm³/mol. The number of aliphatic hydroxyl groups is 1. The van der Waals surface area contributed by atoms with Gasteiger partial charge in [-0.25, -0.2) is 9.78 Å². The monoisotopic (exact) mass is 380 g/mol. The molecule has 3 aromatic rings. The predicted octanol–water partition coefficient (Wildman–Crippen LogP) is 2.01. The Hall–Kier alpha value is -2.90. The Morgan fingerprint density at radius 3 is 2.54 bits per heavy atom. The summed E-state index contributed by atoms with van der Waals surface area (Å²) in [6, 6.07) is 13.3. The van der Waals surface area contributed by atoms with Crippen molar-refractivity contribution in [3.63, 3.8) is 0 Å². The van der Waals surface area contributed by atoms with Crippen molar-refractivity contribution in [1.82, 2.24) is 14.5 Å². The highest BCUT2D eigenvalue weighted by Crippen LogP contribution is 2.26.